The second-order valence-corrected chi connectivity index (χ2v) is 9.15. The van der Waals surface area contributed by atoms with Crippen molar-refractivity contribution < 1.29 is 4.79 Å². The Hall–Kier alpha value is -5.30. The molecule has 0 radical (unpaired) electrons. The minimum Gasteiger partial charge on any atom is -0.364 e. The van der Waals surface area contributed by atoms with Crippen LogP contribution in [0, 0.1) is 0 Å². The van der Waals surface area contributed by atoms with Gasteiger partial charge in [-0.3, -0.25) is 9.59 Å². The van der Waals surface area contributed by atoms with Crippen molar-refractivity contribution in [2.24, 2.45) is 0 Å². The molecule has 2 aromatic heterocycles. The van der Waals surface area contributed by atoms with Crippen molar-refractivity contribution in [1.29, 1.82) is 0 Å². The van der Waals surface area contributed by atoms with Crippen LogP contribution in [0.4, 0.5) is 5.82 Å². The van der Waals surface area contributed by atoms with E-state index < -0.39 is 0 Å². The van der Waals surface area contributed by atoms with Crippen molar-refractivity contribution in [2.45, 2.75) is 13.1 Å². The van der Waals surface area contributed by atoms with E-state index in [-0.39, 0.29) is 18.0 Å². The molecule has 0 atom stereocenters. The van der Waals surface area contributed by atoms with Crippen molar-refractivity contribution in [2.75, 3.05) is 5.32 Å². The van der Waals surface area contributed by atoms with Crippen molar-refractivity contribution in [3.05, 3.63) is 137 Å². The van der Waals surface area contributed by atoms with Crippen molar-refractivity contribution >= 4 is 22.5 Å². The van der Waals surface area contributed by atoms with Crippen LogP contribution in [0.25, 0.3) is 33.3 Å². The van der Waals surface area contributed by atoms with Gasteiger partial charge in [-0.1, -0.05) is 109 Å². The minimum atomic E-state index is -0.370. The van der Waals surface area contributed by atoms with Crippen LogP contribution < -0.4 is 10.9 Å². The predicted octanol–water partition coefficient (Wildman–Crippen LogP) is 5.88. The smallest absolute Gasteiger partial charge is 0.275 e. The van der Waals surface area contributed by atoms with Gasteiger partial charge in [0.1, 0.15) is 12.4 Å². The Morgan fingerprint density at radius 3 is 1.97 bits per heavy atom. The quantitative estimate of drug-likeness (QED) is 0.290. The highest BCUT2D eigenvalue weighted by Gasteiger charge is 2.19. The fourth-order valence-corrected chi connectivity index (χ4v) is 4.61. The molecule has 6 rings (SSSR count). The summed E-state index contributed by atoms with van der Waals surface area (Å²) in [4.78, 5) is 27.1. The molecule has 7 nitrogen and oxygen atoms in total. The van der Waals surface area contributed by atoms with Gasteiger partial charge in [0.2, 0.25) is 0 Å². The lowest BCUT2D eigenvalue weighted by Crippen LogP contribution is -2.30. The fourth-order valence-electron chi connectivity index (χ4n) is 4.61. The van der Waals surface area contributed by atoms with Crippen LogP contribution in [-0.4, -0.2) is 25.5 Å². The number of anilines is 1. The second-order valence-electron chi connectivity index (χ2n) is 9.15. The highest BCUT2D eigenvalue weighted by molar-refractivity contribution is 5.94. The van der Waals surface area contributed by atoms with Crippen LogP contribution >= 0.6 is 0 Å². The highest BCUT2D eigenvalue weighted by atomic mass is 16.2. The Balaban J connectivity index is 1.38. The van der Waals surface area contributed by atoms with E-state index >= 15 is 0 Å². The van der Waals surface area contributed by atoms with Gasteiger partial charge in [0.05, 0.1) is 16.8 Å². The maximum Gasteiger partial charge on any atom is 0.275 e. The van der Waals surface area contributed by atoms with Gasteiger partial charge < -0.3 is 5.32 Å². The molecule has 0 amide bonds. The van der Waals surface area contributed by atoms with Crippen molar-refractivity contribution in [3.63, 3.8) is 0 Å². The molecule has 0 aliphatic carbocycles. The number of benzene rings is 4. The summed E-state index contributed by atoms with van der Waals surface area (Å²) in [5.74, 6) is 0.195. The molecule has 0 fully saturated rings. The molecule has 0 aliphatic heterocycles. The number of fused-ring (bicyclic) bond motifs is 1. The van der Waals surface area contributed by atoms with Gasteiger partial charge in [-0.15, -0.1) is 5.10 Å². The van der Waals surface area contributed by atoms with Gasteiger partial charge in [0.25, 0.3) is 11.5 Å². The van der Waals surface area contributed by atoms with Crippen LogP contribution in [0.15, 0.2) is 126 Å². The first-order valence-electron chi connectivity index (χ1n) is 12.7. The normalized spacial score (nSPS) is 11.0. The van der Waals surface area contributed by atoms with Crippen LogP contribution in [0.5, 0.6) is 0 Å². The van der Waals surface area contributed by atoms with Crippen LogP contribution in [-0.2, 0) is 13.1 Å². The number of carbonyl (C=O) groups is 1. The van der Waals surface area contributed by atoms with E-state index in [1.807, 2.05) is 115 Å². The summed E-state index contributed by atoms with van der Waals surface area (Å²) < 4.78 is 2.59. The zero-order valence-electron chi connectivity index (χ0n) is 21.1. The molecule has 0 saturated heterocycles. The summed E-state index contributed by atoms with van der Waals surface area (Å²) in [7, 11) is 0. The monoisotopic (exact) mass is 511 g/mol. The average Bonchev–Trinajstić information content (AvgIpc) is 3.44. The third-order valence-corrected chi connectivity index (χ3v) is 6.53. The number of nitrogens with one attached hydrogen (secondary N) is 1. The Bertz CT molecular complexity index is 1810. The van der Waals surface area contributed by atoms with E-state index in [1.165, 1.54) is 9.36 Å². The first kappa shape index (κ1) is 24.1. The van der Waals surface area contributed by atoms with Crippen LogP contribution in [0.3, 0.4) is 0 Å². The minimum absolute atomic E-state index is 0.261. The zero-order valence-corrected chi connectivity index (χ0v) is 21.1. The van der Waals surface area contributed by atoms with Gasteiger partial charge >= 0.3 is 0 Å². The predicted molar refractivity (Wildman–Crippen MR) is 153 cm³/mol. The summed E-state index contributed by atoms with van der Waals surface area (Å²) in [5.41, 5.74) is 3.76. The number of carbonyl (C=O) groups excluding carboxylic acids is 1. The topological polar surface area (TPSA) is 81.8 Å². The van der Waals surface area contributed by atoms with E-state index in [1.54, 1.807) is 6.07 Å². The lowest BCUT2D eigenvalue weighted by molar-refractivity contribution is 0.0871. The van der Waals surface area contributed by atoms with E-state index in [4.69, 9.17) is 0 Å². The fraction of sp³-hybridized carbons (Fsp3) is 0.0625. The average molecular weight is 512 g/mol. The van der Waals surface area contributed by atoms with E-state index in [9.17, 15) is 9.59 Å². The molecule has 190 valence electrons. The third kappa shape index (κ3) is 4.98. The van der Waals surface area contributed by atoms with Crippen molar-refractivity contribution in [1.82, 2.24) is 19.6 Å². The summed E-state index contributed by atoms with van der Waals surface area (Å²) in [6.45, 7) is 0.301. The molecule has 0 unspecified atom stereocenters. The molecular formula is C32H25N5O2. The summed E-state index contributed by atoms with van der Waals surface area (Å²) in [6, 6.07) is 38.4. The van der Waals surface area contributed by atoms with Crippen LogP contribution in [0.1, 0.15) is 10.4 Å². The van der Waals surface area contributed by atoms with Crippen molar-refractivity contribution in [3.8, 4) is 22.5 Å². The largest absolute Gasteiger partial charge is 0.364 e. The lowest BCUT2D eigenvalue weighted by Gasteiger charge is -2.12. The molecule has 39 heavy (non-hydrogen) atoms. The summed E-state index contributed by atoms with van der Waals surface area (Å²) in [5, 5.41) is 13.8. The first-order valence-corrected chi connectivity index (χ1v) is 12.7. The van der Waals surface area contributed by atoms with Gasteiger partial charge in [0, 0.05) is 29.1 Å². The lowest BCUT2D eigenvalue weighted by atomic mass is 10.1. The van der Waals surface area contributed by atoms with Gasteiger partial charge in [-0.25, -0.2) is 4.68 Å². The number of rotatable bonds is 7. The summed E-state index contributed by atoms with van der Waals surface area (Å²) in [6.07, 6.45) is 0. The van der Waals surface area contributed by atoms with E-state index in [0.717, 1.165) is 22.1 Å². The molecule has 0 aliphatic rings. The molecule has 0 saturated carbocycles. The molecule has 0 spiro atoms. The third-order valence-electron chi connectivity index (χ3n) is 6.53. The Labute approximate surface area is 225 Å². The standard InChI is InChI=1S/C32H25N5O2/c38-30(22-36-32(39)27-19-11-10-18-26(27)31(35-36)25-16-8-3-9-17-25)37-28(24-14-6-2-7-15-24)20-29(34-37)33-21-23-12-4-1-5-13-23/h1-20H,21-22H2,(H,33,34). The van der Waals surface area contributed by atoms with Gasteiger partial charge in [-0.05, 0) is 11.6 Å². The number of hydrogen-bond acceptors (Lipinski definition) is 5. The van der Waals surface area contributed by atoms with E-state index in [0.29, 0.717) is 29.1 Å². The number of nitrogens with zero attached hydrogens (tertiary/aromatic N) is 4. The van der Waals surface area contributed by atoms with Gasteiger partial charge in [0.15, 0.2) is 0 Å². The Kier molecular flexibility index (Phi) is 6.53. The second kappa shape index (κ2) is 10.6. The maximum atomic E-state index is 13.7. The SMILES string of the molecule is O=C(Cn1nc(-c2ccccc2)c2ccccc2c1=O)n1nc(NCc2ccccc2)cc1-c1ccccc1. The van der Waals surface area contributed by atoms with Gasteiger partial charge in [-0.2, -0.15) is 9.78 Å². The number of hydrogen-bond donors (Lipinski definition) is 1. The maximum absolute atomic E-state index is 13.7. The summed E-state index contributed by atoms with van der Waals surface area (Å²) >= 11 is 0. The molecule has 4 aromatic carbocycles. The van der Waals surface area contributed by atoms with E-state index in [2.05, 4.69) is 15.5 Å². The molecule has 0 bridgehead atoms. The molecule has 7 heteroatoms. The highest BCUT2D eigenvalue weighted by Crippen LogP contribution is 2.25. The first-order chi connectivity index (χ1) is 19.2. The zero-order chi connectivity index (χ0) is 26.6. The number of aromatic nitrogens is 4. The van der Waals surface area contributed by atoms with Crippen LogP contribution in [0.2, 0.25) is 0 Å². The molecule has 2 heterocycles. The Morgan fingerprint density at radius 2 is 1.28 bits per heavy atom. The molecule has 1 N–H and O–H groups in total. The molecule has 6 aromatic rings. The Morgan fingerprint density at radius 1 is 0.692 bits per heavy atom. The molecular weight excluding hydrogens is 486 g/mol.